The number of pyridine rings is 1. The number of nitrogens with two attached hydrogens (primary N) is 1. The Hall–Kier alpha value is -1.18. The van der Waals surface area contributed by atoms with Gasteiger partial charge in [-0.2, -0.15) is 0 Å². The van der Waals surface area contributed by atoms with Crippen molar-refractivity contribution in [3.05, 3.63) is 18.3 Å². The molecule has 21 heavy (non-hydrogen) atoms. The predicted molar refractivity (Wildman–Crippen MR) is 83.0 cm³/mol. The molecule has 0 saturated heterocycles. The van der Waals surface area contributed by atoms with Gasteiger partial charge in [0.05, 0.1) is 5.69 Å². The molecule has 0 aliphatic heterocycles. The molecule has 7 heteroatoms. The summed E-state index contributed by atoms with van der Waals surface area (Å²) in [6.45, 7) is 4.29. The third-order valence-corrected chi connectivity index (χ3v) is 5.61. The zero-order chi connectivity index (χ0) is 15.5. The second-order valence-electron chi connectivity index (χ2n) is 5.92. The standard InChI is InChI=1S/C14H24N4O2S/c1-10(2)11-6-3-4-7-12(11)18-21(19,20)14-13(17-15)8-5-9-16-14/h5,8-12,17-18H,3-4,6-7,15H2,1-2H3. The first-order valence-corrected chi connectivity index (χ1v) is 8.88. The van der Waals surface area contributed by atoms with Crippen molar-refractivity contribution in [1.82, 2.24) is 9.71 Å². The normalized spacial score (nSPS) is 23.2. The van der Waals surface area contributed by atoms with Crippen LogP contribution in [0, 0.1) is 11.8 Å². The minimum atomic E-state index is -3.67. The summed E-state index contributed by atoms with van der Waals surface area (Å²) in [7, 11) is -3.67. The molecule has 2 unspecified atom stereocenters. The number of anilines is 1. The van der Waals surface area contributed by atoms with Crippen LogP contribution >= 0.6 is 0 Å². The van der Waals surface area contributed by atoms with E-state index >= 15 is 0 Å². The zero-order valence-electron chi connectivity index (χ0n) is 12.5. The number of nitrogens with zero attached hydrogens (tertiary/aromatic N) is 1. The van der Waals surface area contributed by atoms with Crippen molar-refractivity contribution in [3.63, 3.8) is 0 Å². The molecule has 1 aromatic heterocycles. The maximum absolute atomic E-state index is 12.6. The van der Waals surface area contributed by atoms with E-state index in [1.165, 1.54) is 12.6 Å². The van der Waals surface area contributed by atoms with E-state index in [1.807, 2.05) is 0 Å². The van der Waals surface area contributed by atoms with Crippen molar-refractivity contribution < 1.29 is 8.42 Å². The highest BCUT2D eigenvalue weighted by molar-refractivity contribution is 7.89. The first-order valence-electron chi connectivity index (χ1n) is 7.39. The minimum Gasteiger partial charge on any atom is -0.321 e. The molecule has 0 spiro atoms. The second kappa shape index (κ2) is 6.72. The van der Waals surface area contributed by atoms with Crippen LogP contribution in [0.4, 0.5) is 5.69 Å². The van der Waals surface area contributed by atoms with E-state index in [9.17, 15) is 8.42 Å². The van der Waals surface area contributed by atoms with Gasteiger partial charge in [-0.3, -0.25) is 5.84 Å². The molecular weight excluding hydrogens is 288 g/mol. The molecule has 118 valence electrons. The highest BCUT2D eigenvalue weighted by Gasteiger charge is 2.32. The summed E-state index contributed by atoms with van der Waals surface area (Å²) in [5.74, 6) is 6.19. The van der Waals surface area contributed by atoms with Crippen LogP contribution in [0.25, 0.3) is 0 Å². The van der Waals surface area contributed by atoms with E-state index in [4.69, 9.17) is 5.84 Å². The SMILES string of the molecule is CC(C)C1CCCCC1NS(=O)(=O)c1ncccc1NN. The van der Waals surface area contributed by atoms with Crippen molar-refractivity contribution in [2.75, 3.05) is 5.43 Å². The van der Waals surface area contributed by atoms with Crippen molar-refractivity contribution in [2.24, 2.45) is 17.7 Å². The van der Waals surface area contributed by atoms with Gasteiger partial charge < -0.3 is 5.43 Å². The summed E-state index contributed by atoms with van der Waals surface area (Å²) in [6, 6.07) is 3.21. The maximum Gasteiger partial charge on any atom is 0.260 e. The van der Waals surface area contributed by atoms with Gasteiger partial charge in [0.15, 0.2) is 5.03 Å². The largest absolute Gasteiger partial charge is 0.321 e. The van der Waals surface area contributed by atoms with Gasteiger partial charge in [0.1, 0.15) is 0 Å². The molecule has 4 N–H and O–H groups in total. The predicted octanol–water partition coefficient (Wildman–Crippen LogP) is 1.86. The molecule has 0 bridgehead atoms. The van der Waals surface area contributed by atoms with Crippen LogP contribution in [0.2, 0.25) is 0 Å². The summed E-state index contributed by atoms with van der Waals surface area (Å²) >= 11 is 0. The third kappa shape index (κ3) is 3.72. The topological polar surface area (TPSA) is 97.1 Å². The lowest BCUT2D eigenvalue weighted by atomic mass is 9.78. The fourth-order valence-corrected chi connectivity index (χ4v) is 4.49. The Bertz CT molecular complexity index is 574. The van der Waals surface area contributed by atoms with Crippen LogP contribution in [0.15, 0.2) is 23.4 Å². The van der Waals surface area contributed by atoms with Crippen LogP contribution in [-0.4, -0.2) is 19.4 Å². The average Bonchev–Trinajstić information content (AvgIpc) is 2.47. The highest BCUT2D eigenvalue weighted by Crippen LogP contribution is 2.31. The van der Waals surface area contributed by atoms with E-state index < -0.39 is 10.0 Å². The Morgan fingerprint density at radius 2 is 2.05 bits per heavy atom. The lowest BCUT2D eigenvalue weighted by Crippen LogP contribution is -2.44. The van der Waals surface area contributed by atoms with Crippen molar-refractivity contribution >= 4 is 15.7 Å². The summed E-state index contributed by atoms with van der Waals surface area (Å²) in [5, 5.41) is -0.0411. The first-order chi connectivity index (χ1) is 9.95. The number of hydrogen-bond acceptors (Lipinski definition) is 5. The fourth-order valence-electron chi connectivity index (χ4n) is 3.07. The highest BCUT2D eigenvalue weighted by atomic mass is 32.2. The Morgan fingerprint density at radius 3 is 2.71 bits per heavy atom. The first kappa shape index (κ1) is 16.2. The molecular formula is C14H24N4O2S. The number of rotatable bonds is 5. The number of hydrogen-bond donors (Lipinski definition) is 3. The Morgan fingerprint density at radius 1 is 1.33 bits per heavy atom. The smallest absolute Gasteiger partial charge is 0.260 e. The van der Waals surface area contributed by atoms with Gasteiger partial charge in [-0.15, -0.1) is 0 Å². The van der Waals surface area contributed by atoms with Crippen molar-refractivity contribution in [1.29, 1.82) is 0 Å². The number of nitrogen functional groups attached to an aromatic ring is 1. The molecule has 1 aromatic rings. The van der Waals surface area contributed by atoms with E-state index in [-0.39, 0.29) is 11.1 Å². The maximum atomic E-state index is 12.6. The second-order valence-corrected chi connectivity index (χ2v) is 7.55. The summed E-state index contributed by atoms with van der Waals surface area (Å²) in [6.07, 6.45) is 5.62. The van der Waals surface area contributed by atoms with Crippen LogP contribution in [-0.2, 0) is 10.0 Å². The molecule has 0 amide bonds. The number of aromatic nitrogens is 1. The average molecular weight is 312 g/mol. The van der Waals surface area contributed by atoms with E-state index in [0.717, 1.165) is 19.3 Å². The van der Waals surface area contributed by atoms with Gasteiger partial charge in [0.2, 0.25) is 0 Å². The van der Waals surface area contributed by atoms with E-state index in [2.05, 4.69) is 29.0 Å². The number of hydrazine groups is 1. The Kier molecular flexibility index (Phi) is 5.18. The molecule has 1 heterocycles. The van der Waals surface area contributed by atoms with Crippen LogP contribution in [0.3, 0.4) is 0 Å². The van der Waals surface area contributed by atoms with Crippen molar-refractivity contribution in [2.45, 2.75) is 50.6 Å². The molecule has 6 nitrogen and oxygen atoms in total. The molecule has 0 aromatic carbocycles. The van der Waals surface area contributed by atoms with E-state index in [0.29, 0.717) is 17.5 Å². The number of sulfonamides is 1. The van der Waals surface area contributed by atoms with Crippen LogP contribution < -0.4 is 16.0 Å². The molecule has 2 atom stereocenters. The summed E-state index contributed by atoms with van der Waals surface area (Å²) in [4.78, 5) is 3.96. The summed E-state index contributed by atoms with van der Waals surface area (Å²) in [5.41, 5.74) is 2.70. The molecule has 1 aliphatic rings. The Balaban J connectivity index is 2.24. The van der Waals surface area contributed by atoms with Crippen molar-refractivity contribution in [3.8, 4) is 0 Å². The quantitative estimate of drug-likeness (QED) is 0.569. The van der Waals surface area contributed by atoms with Gasteiger partial charge in [0, 0.05) is 12.2 Å². The lowest BCUT2D eigenvalue weighted by molar-refractivity contribution is 0.226. The minimum absolute atomic E-state index is 0.0311. The molecule has 2 rings (SSSR count). The number of nitrogens with one attached hydrogen (secondary N) is 2. The van der Waals surface area contributed by atoms with Gasteiger partial charge in [-0.25, -0.2) is 18.1 Å². The Labute approximate surface area is 126 Å². The lowest BCUT2D eigenvalue weighted by Gasteiger charge is -2.34. The van der Waals surface area contributed by atoms with E-state index in [1.54, 1.807) is 12.1 Å². The third-order valence-electron chi connectivity index (χ3n) is 4.16. The fraction of sp³-hybridized carbons (Fsp3) is 0.643. The van der Waals surface area contributed by atoms with Gasteiger partial charge >= 0.3 is 0 Å². The zero-order valence-corrected chi connectivity index (χ0v) is 13.4. The monoisotopic (exact) mass is 312 g/mol. The summed E-state index contributed by atoms with van der Waals surface area (Å²) < 4.78 is 28.0. The van der Waals surface area contributed by atoms with Crippen LogP contribution in [0.5, 0.6) is 0 Å². The molecule has 1 saturated carbocycles. The van der Waals surface area contributed by atoms with Gasteiger partial charge in [-0.05, 0) is 36.8 Å². The van der Waals surface area contributed by atoms with Gasteiger partial charge in [0.25, 0.3) is 10.0 Å². The molecule has 0 radical (unpaired) electrons. The molecule has 1 aliphatic carbocycles. The van der Waals surface area contributed by atoms with Gasteiger partial charge in [-0.1, -0.05) is 26.7 Å². The molecule has 1 fully saturated rings. The van der Waals surface area contributed by atoms with Crippen LogP contribution in [0.1, 0.15) is 39.5 Å².